The van der Waals surface area contributed by atoms with Crippen molar-refractivity contribution in [1.82, 2.24) is 5.32 Å². The molecule has 0 radical (unpaired) electrons. The Bertz CT molecular complexity index is 924. The molecular weight excluding hydrogens is 432 g/mol. The minimum absolute atomic E-state index is 0.125. The summed E-state index contributed by atoms with van der Waals surface area (Å²) in [5.74, 6) is 1.59. The predicted octanol–water partition coefficient (Wildman–Crippen LogP) is 5.35. The van der Waals surface area contributed by atoms with E-state index < -0.39 is 18.1 Å². The van der Waals surface area contributed by atoms with Crippen molar-refractivity contribution in [3.63, 3.8) is 0 Å². The molecule has 2 N–H and O–H groups in total. The fourth-order valence-electron chi connectivity index (χ4n) is 8.11. The van der Waals surface area contributed by atoms with Gasteiger partial charge in [-0.2, -0.15) is 0 Å². The second-order valence-corrected chi connectivity index (χ2v) is 12.0. The van der Waals surface area contributed by atoms with Gasteiger partial charge >= 0.3 is 12.1 Å². The molecule has 0 aromatic heterocycles. The summed E-state index contributed by atoms with van der Waals surface area (Å²) < 4.78 is 0. The van der Waals surface area contributed by atoms with Crippen molar-refractivity contribution >= 4 is 23.6 Å². The van der Waals surface area contributed by atoms with Crippen molar-refractivity contribution in [3.8, 4) is 0 Å². The van der Waals surface area contributed by atoms with Crippen molar-refractivity contribution in [2.24, 2.45) is 45.6 Å². The molecule has 4 aliphatic carbocycles. The van der Waals surface area contributed by atoms with Crippen LogP contribution in [-0.4, -0.2) is 34.7 Å². The molecule has 0 aliphatic heterocycles. The summed E-state index contributed by atoms with van der Waals surface area (Å²) in [7, 11) is 0. The highest BCUT2D eigenvalue weighted by Crippen LogP contribution is 2.66. The minimum Gasteiger partial charge on any atom is -0.465 e. The molecule has 1 unspecified atom stereocenters. The van der Waals surface area contributed by atoms with Gasteiger partial charge in [0, 0.05) is 12.3 Å². The second-order valence-electron chi connectivity index (χ2n) is 12.0. The van der Waals surface area contributed by atoms with E-state index in [0.29, 0.717) is 30.0 Å². The Labute approximate surface area is 202 Å². The van der Waals surface area contributed by atoms with Crippen LogP contribution in [0, 0.1) is 40.4 Å². The number of rotatable bonds is 5. The fourth-order valence-corrected chi connectivity index (χ4v) is 8.11. The molecule has 4 rings (SSSR count). The van der Waals surface area contributed by atoms with Crippen molar-refractivity contribution in [1.29, 1.82) is 0 Å². The topological polar surface area (TPSA) is 105 Å². The van der Waals surface area contributed by atoms with Gasteiger partial charge in [0.1, 0.15) is 6.04 Å². The number of hydrogen-bond acceptors (Lipinski definition) is 5. The number of hydrogen-bond donors (Lipinski definition) is 2. The van der Waals surface area contributed by atoms with E-state index in [4.69, 9.17) is 9.94 Å². The van der Waals surface area contributed by atoms with Gasteiger partial charge in [0.25, 0.3) is 0 Å². The molecule has 0 spiro atoms. The maximum Gasteiger partial charge on any atom is 0.405 e. The zero-order chi connectivity index (χ0) is 24.8. The Balaban J connectivity index is 1.48. The van der Waals surface area contributed by atoms with Crippen LogP contribution in [0.2, 0.25) is 0 Å². The summed E-state index contributed by atoms with van der Waals surface area (Å²) in [6, 6.07) is -0.941. The van der Waals surface area contributed by atoms with Crippen LogP contribution in [0.3, 0.4) is 0 Å². The Kier molecular flexibility index (Phi) is 6.69. The molecule has 34 heavy (non-hydrogen) atoms. The van der Waals surface area contributed by atoms with Crippen LogP contribution in [0.15, 0.2) is 16.8 Å². The summed E-state index contributed by atoms with van der Waals surface area (Å²) in [6.45, 7) is 10.3. The van der Waals surface area contributed by atoms with E-state index >= 15 is 0 Å². The van der Waals surface area contributed by atoms with Crippen molar-refractivity contribution in [2.45, 2.75) is 92.0 Å². The monoisotopic (exact) mass is 472 g/mol. The fraction of sp³-hybridized carbons (Fsp3) is 0.778. The molecule has 188 valence electrons. The quantitative estimate of drug-likeness (QED) is 0.319. The van der Waals surface area contributed by atoms with E-state index in [1.165, 1.54) is 12.0 Å². The zero-order valence-corrected chi connectivity index (χ0v) is 21.2. The Morgan fingerprint density at radius 1 is 1.12 bits per heavy atom. The first kappa shape index (κ1) is 24.9. The van der Waals surface area contributed by atoms with Crippen molar-refractivity contribution in [2.75, 3.05) is 0 Å². The van der Waals surface area contributed by atoms with Gasteiger partial charge in [0.2, 0.25) is 0 Å². The van der Waals surface area contributed by atoms with E-state index in [0.717, 1.165) is 44.2 Å². The lowest BCUT2D eigenvalue weighted by atomic mass is 9.46. The van der Waals surface area contributed by atoms with E-state index in [-0.39, 0.29) is 22.7 Å². The third kappa shape index (κ3) is 4.20. The van der Waals surface area contributed by atoms with Crippen LogP contribution in [0.25, 0.3) is 0 Å². The molecule has 0 aromatic carbocycles. The standard InChI is InChI=1S/C27H40N2O5/c1-15(2)23(28-25(32)33)24(31)34-29-16(3)20-8-9-21-19-7-6-17-14-18(30)10-12-26(17,4)22(19)11-13-27(20,21)5/h14-15,19-23,28H,6-13H2,1-5H3,(H,32,33)/b29-16+/t19-,20+,21-,22-,23?,26-,27+/m0/s1. The van der Waals surface area contributed by atoms with Gasteiger partial charge in [-0.15, -0.1) is 0 Å². The van der Waals surface area contributed by atoms with Crippen LogP contribution >= 0.6 is 0 Å². The highest BCUT2D eigenvalue weighted by Gasteiger charge is 2.59. The van der Waals surface area contributed by atoms with Crippen LogP contribution in [-0.2, 0) is 14.4 Å². The Morgan fingerprint density at radius 3 is 2.53 bits per heavy atom. The Hall–Kier alpha value is -2.18. The molecule has 0 heterocycles. The third-order valence-electron chi connectivity index (χ3n) is 9.95. The van der Waals surface area contributed by atoms with Crippen LogP contribution in [0.1, 0.15) is 86.0 Å². The van der Waals surface area contributed by atoms with Gasteiger partial charge in [-0.1, -0.05) is 38.4 Å². The van der Waals surface area contributed by atoms with E-state index in [1.807, 2.05) is 13.0 Å². The first-order chi connectivity index (χ1) is 16.0. The van der Waals surface area contributed by atoms with Crippen molar-refractivity contribution in [3.05, 3.63) is 11.6 Å². The second kappa shape index (κ2) is 9.12. The molecule has 7 heteroatoms. The predicted molar refractivity (Wildman–Crippen MR) is 129 cm³/mol. The first-order valence-electron chi connectivity index (χ1n) is 13.0. The lowest BCUT2D eigenvalue weighted by molar-refractivity contribution is -0.147. The highest BCUT2D eigenvalue weighted by atomic mass is 16.7. The molecular formula is C27H40N2O5. The van der Waals surface area contributed by atoms with Crippen molar-refractivity contribution < 1.29 is 24.3 Å². The smallest absolute Gasteiger partial charge is 0.405 e. The number of carbonyl (C=O) groups is 3. The number of amides is 1. The van der Waals surface area contributed by atoms with Crippen LogP contribution in [0.4, 0.5) is 4.79 Å². The number of fused-ring (bicyclic) bond motifs is 5. The molecule has 3 saturated carbocycles. The average Bonchev–Trinajstić information content (AvgIpc) is 3.13. The molecule has 0 bridgehead atoms. The zero-order valence-electron chi connectivity index (χ0n) is 21.2. The molecule has 1 amide bonds. The Morgan fingerprint density at radius 2 is 1.85 bits per heavy atom. The molecule has 0 saturated heterocycles. The molecule has 4 aliphatic rings. The van der Waals surface area contributed by atoms with E-state index in [9.17, 15) is 14.4 Å². The number of ketones is 1. The number of allylic oxidation sites excluding steroid dienone is 1. The summed E-state index contributed by atoms with van der Waals surface area (Å²) in [5.41, 5.74) is 2.51. The SMILES string of the molecule is C/C(=N\OC(=O)C(NC(=O)O)C(C)C)[C@H]1CC[C@H]2[C@@H]3CCC4=CC(=O)CC[C@]4(C)[C@H]3CC[C@]12C. The third-order valence-corrected chi connectivity index (χ3v) is 9.95. The van der Waals surface area contributed by atoms with Gasteiger partial charge in [-0.25, -0.2) is 9.59 Å². The number of oxime groups is 1. The number of nitrogens with zero attached hydrogens (tertiary/aromatic N) is 1. The van der Waals surface area contributed by atoms with E-state index in [1.54, 1.807) is 13.8 Å². The summed E-state index contributed by atoms with van der Waals surface area (Å²) >= 11 is 0. The van der Waals surface area contributed by atoms with E-state index in [2.05, 4.69) is 24.3 Å². The summed E-state index contributed by atoms with van der Waals surface area (Å²) in [4.78, 5) is 40.8. The first-order valence-corrected chi connectivity index (χ1v) is 13.0. The average molecular weight is 473 g/mol. The van der Waals surface area contributed by atoms with Gasteiger partial charge in [0.05, 0.1) is 5.71 Å². The van der Waals surface area contributed by atoms with Crippen LogP contribution < -0.4 is 5.32 Å². The number of carbonyl (C=O) groups excluding carboxylic acids is 2. The summed E-state index contributed by atoms with van der Waals surface area (Å²) in [5, 5.41) is 15.5. The molecule has 0 aromatic rings. The van der Waals surface area contributed by atoms with Gasteiger partial charge in [-0.3, -0.25) is 4.79 Å². The van der Waals surface area contributed by atoms with Gasteiger partial charge in [0.15, 0.2) is 5.78 Å². The van der Waals surface area contributed by atoms with Crippen LogP contribution in [0.5, 0.6) is 0 Å². The minimum atomic E-state index is -1.25. The summed E-state index contributed by atoms with van der Waals surface area (Å²) in [6.07, 6.45) is 9.07. The highest BCUT2D eigenvalue weighted by molar-refractivity contribution is 5.91. The number of nitrogens with one attached hydrogen (secondary N) is 1. The largest absolute Gasteiger partial charge is 0.465 e. The van der Waals surface area contributed by atoms with Gasteiger partial charge < -0.3 is 15.3 Å². The van der Waals surface area contributed by atoms with Gasteiger partial charge in [-0.05, 0) is 92.4 Å². The lowest BCUT2D eigenvalue weighted by Crippen LogP contribution is -2.51. The maximum absolute atomic E-state index is 12.5. The lowest BCUT2D eigenvalue weighted by Gasteiger charge is -2.58. The molecule has 7 atom stereocenters. The number of carboxylic acid groups (broad SMARTS) is 1. The normalized spacial score (nSPS) is 38.4. The molecule has 3 fully saturated rings. The molecule has 7 nitrogen and oxygen atoms in total. The maximum atomic E-state index is 12.5.